The number of fused-ring (bicyclic) bond motifs is 1. The first-order chi connectivity index (χ1) is 25.2. The number of H-pyrrole nitrogens is 2. The Bertz CT molecular complexity index is 2490. The average Bonchev–Trinajstić information content (AvgIpc) is 3.97. The molecule has 8 rings (SSSR count). The number of nitrogens with zero attached hydrogens (tertiary/aromatic N) is 4. The van der Waals surface area contributed by atoms with Crippen molar-refractivity contribution >= 4 is 31.1 Å². The predicted molar refractivity (Wildman–Crippen MR) is 202 cm³/mol. The maximum atomic E-state index is 13.4. The zero-order valence-electron chi connectivity index (χ0n) is 28.4. The van der Waals surface area contributed by atoms with Crippen LogP contribution in [0.25, 0.3) is 22.3 Å². The topological polar surface area (TPSA) is 132 Å². The molecular formula is C40H38N6O4S2. The van der Waals surface area contributed by atoms with Gasteiger partial charge in [-0.1, -0.05) is 84.6 Å². The molecule has 52 heavy (non-hydrogen) atoms. The molecule has 0 amide bonds. The summed E-state index contributed by atoms with van der Waals surface area (Å²) >= 11 is 0. The van der Waals surface area contributed by atoms with E-state index in [-0.39, 0.29) is 23.6 Å². The molecule has 2 N–H and O–H groups in total. The highest BCUT2D eigenvalue weighted by Crippen LogP contribution is 2.36. The summed E-state index contributed by atoms with van der Waals surface area (Å²) in [7, 11) is -7.02. The van der Waals surface area contributed by atoms with Crippen molar-refractivity contribution in [3.05, 3.63) is 143 Å². The summed E-state index contributed by atoms with van der Waals surface area (Å²) in [6.07, 6.45) is 4.76. The third-order valence-corrected chi connectivity index (χ3v) is 13.5. The minimum absolute atomic E-state index is 0.0294. The summed E-state index contributed by atoms with van der Waals surface area (Å²) in [5, 5.41) is 0. The van der Waals surface area contributed by atoms with Crippen LogP contribution in [-0.2, 0) is 31.6 Å². The molecule has 2 saturated heterocycles. The Morgan fingerprint density at radius 1 is 0.654 bits per heavy atom. The molecule has 0 aliphatic carbocycles. The van der Waals surface area contributed by atoms with Crippen molar-refractivity contribution in [2.75, 3.05) is 13.1 Å². The standard InChI is InChI=1S/C40H38N6O4S2/c47-51(48,27-31-9-3-1-4-10-31)45-23-7-13-37(45)39-41-26-36(44-39)33-20-17-29(18-21-33)15-16-30-19-22-34-35(25-30)43-40(42-34)38-14-8-24-46(38)52(49,50)28-32-11-5-2-6-12-32/h1-6,9-12,17-22,25-26,37-38H,7-8,13-14,23-24,27-28H2,(H,41,44)(H,42,43)/t37-,38-/m0/s1. The fourth-order valence-corrected chi connectivity index (χ4v) is 10.8. The van der Waals surface area contributed by atoms with Crippen LogP contribution < -0.4 is 0 Å². The Balaban J connectivity index is 0.942. The molecule has 10 nitrogen and oxygen atoms in total. The molecule has 6 aromatic rings. The van der Waals surface area contributed by atoms with Crippen LogP contribution in [0.2, 0.25) is 0 Å². The van der Waals surface area contributed by atoms with E-state index in [1.54, 1.807) is 14.8 Å². The zero-order valence-corrected chi connectivity index (χ0v) is 30.1. The third-order valence-electron chi connectivity index (χ3n) is 9.78. The number of hydrogen-bond donors (Lipinski definition) is 2. The Kier molecular flexibility index (Phi) is 9.27. The lowest BCUT2D eigenvalue weighted by Gasteiger charge is -2.22. The van der Waals surface area contributed by atoms with Crippen molar-refractivity contribution in [1.82, 2.24) is 28.5 Å². The van der Waals surface area contributed by atoms with Crippen LogP contribution in [0.5, 0.6) is 0 Å². The second-order valence-electron chi connectivity index (χ2n) is 13.4. The first-order valence-corrected chi connectivity index (χ1v) is 20.7. The van der Waals surface area contributed by atoms with Gasteiger partial charge in [0.25, 0.3) is 0 Å². The number of aromatic nitrogens is 4. The Labute approximate surface area is 304 Å². The van der Waals surface area contributed by atoms with E-state index >= 15 is 0 Å². The first-order valence-electron chi connectivity index (χ1n) is 17.5. The zero-order chi connectivity index (χ0) is 35.7. The van der Waals surface area contributed by atoms with E-state index in [4.69, 9.17) is 4.98 Å². The molecule has 2 fully saturated rings. The van der Waals surface area contributed by atoms with E-state index in [0.29, 0.717) is 31.2 Å². The van der Waals surface area contributed by atoms with Gasteiger partial charge in [0.05, 0.1) is 46.5 Å². The normalized spacial score (nSPS) is 18.5. The summed E-state index contributed by atoms with van der Waals surface area (Å²) in [5.41, 5.74) is 6.52. The van der Waals surface area contributed by atoms with Crippen molar-refractivity contribution < 1.29 is 16.8 Å². The predicted octanol–water partition coefficient (Wildman–Crippen LogP) is 6.69. The summed E-state index contributed by atoms with van der Waals surface area (Å²) in [6.45, 7) is 0.961. The largest absolute Gasteiger partial charge is 0.341 e. The minimum Gasteiger partial charge on any atom is -0.341 e. The highest BCUT2D eigenvalue weighted by molar-refractivity contribution is 7.88. The van der Waals surface area contributed by atoms with Crippen LogP contribution in [0.4, 0.5) is 0 Å². The van der Waals surface area contributed by atoms with Crippen LogP contribution in [0.15, 0.2) is 109 Å². The van der Waals surface area contributed by atoms with E-state index in [9.17, 15) is 16.8 Å². The Hall–Kier alpha value is -5.06. The summed E-state index contributed by atoms with van der Waals surface area (Å²) in [6, 6.07) is 31.5. The smallest absolute Gasteiger partial charge is 0.218 e. The van der Waals surface area contributed by atoms with Gasteiger partial charge in [-0.05, 0) is 72.7 Å². The lowest BCUT2D eigenvalue weighted by Crippen LogP contribution is -2.32. The van der Waals surface area contributed by atoms with Gasteiger partial charge in [0.1, 0.15) is 11.6 Å². The molecule has 2 aromatic heterocycles. The molecule has 0 bridgehead atoms. The molecule has 12 heteroatoms. The fourth-order valence-electron chi connectivity index (χ4n) is 7.22. The Morgan fingerprint density at radius 3 is 1.83 bits per heavy atom. The van der Waals surface area contributed by atoms with Crippen molar-refractivity contribution in [3.63, 3.8) is 0 Å². The summed E-state index contributed by atoms with van der Waals surface area (Å²) in [5.74, 6) is 7.72. The van der Waals surface area contributed by atoms with E-state index in [2.05, 4.69) is 26.8 Å². The van der Waals surface area contributed by atoms with Gasteiger partial charge in [-0.3, -0.25) is 0 Å². The van der Waals surface area contributed by atoms with Crippen molar-refractivity contribution in [2.24, 2.45) is 0 Å². The van der Waals surface area contributed by atoms with Gasteiger partial charge in [0.2, 0.25) is 20.0 Å². The molecule has 0 saturated carbocycles. The average molecular weight is 731 g/mol. The fraction of sp³-hybridized carbons (Fsp3) is 0.250. The highest BCUT2D eigenvalue weighted by atomic mass is 32.2. The summed E-state index contributed by atoms with van der Waals surface area (Å²) in [4.78, 5) is 16.1. The molecule has 2 aliphatic heterocycles. The second-order valence-corrected chi connectivity index (χ2v) is 17.2. The number of sulfonamides is 2. The SMILES string of the molecule is O=S(=O)(Cc1ccccc1)N1CCC[C@H]1c1ncc(-c2ccc(C#Cc3ccc4nc([C@@H]5CCCN5S(=O)(=O)Cc5ccccc5)[nH]c4c3)cc2)[nH]1. The minimum atomic E-state index is -3.51. The third kappa shape index (κ3) is 7.18. The van der Waals surface area contributed by atoms with Crippen LogP contribution in [-0.4, -0.2) is 58.5 Å². The highest BCUT2D eigenvalue weighted by Gasteiger charge is 2.38. The summed E-state index contributed by atoms with van der Waals surface area (Å²) < 4.78 is 56.6. The van der Waals surface area contributed by atoms with Crippen molar-refractivity contribution in [1.29, 1.82) is 0 Å². The number of benzene rings is 4. The second kappa shape index (κ2) is 14.2. The van der Waals surface area contributed by atoms with Crippen LogP contribution >= 0.6 is 0 Å². The first kappa shape index (κ1) is 34.0. The molecule has 2 aliphatic rings. The molecule has 0 spiro atoms. The van der Waals surface area contributed by atoms with Crippen molar-refractivity contribution in [3.8, 4) is 23.1 Å². The lowest BCUT2D eigenvalue weighted by molar-refractivity contribution is 0.384. The molecule has 4 heterocycles. The van der Waals surface area contributed by atoms with E-state index in [1.165, 1.54) is 0 Å². The molecule has 4 aromatic carbocycles. The molecule has 0 radical (unpaired) electrons. The number of hydrogen-bond acceptors (Lipinski definition) is 6. The maximum absolute atomic E-state index is 13.4. The quantitative estimate of drug-likeness (QED) is 0.160. The Morgan fingerprint density at radius 2 is 1.21 bits per heavy atom. The molecule has 2 atom stereocenters. The lowest BCUT2D eigenvalue weighted by atomic mass is 10.1. The monoisotopic (exact) mass is 730 g/mol. The van der Waals surface area contributed by atoms with Gasteiger partial charge in [0.15, 0.2) is 0 Å². The van der Waals surface area contributed by atoms with Crippen LogP contribution in [0, 0.1) is 11.8 Å². The molecule has 264 valence electrons. The maximum Gasteiger partial charge on any atom is 0.218 e. The van der Waals surface area contributed by atoms with Gasteiger partial charge < -0.3 is 9.97 Å². The van der Waals surface area contributed by atoms with Crippen molar-refractivity contribution in [2.45, 2.75) is 49.3 Å². The van der Waals surface area contributed by atoms with Gasteiger partial charge in [-0.2, -0.15) is 8.61 Å². The molecular weight excluding hydrogens is 693 g/mol. The van der Waals surface area contributed by atoms with Gasteiger partial charge >= 0.3 is 0 Å². The van der Waals surface area contributed by atoms with Crippen LogP contribution in [0.1, 0.15) is 71.7 Å². The molecule has 0 unspecified atom stereocenters. The van der Waals surface area contributed by atoms with Gasteiger partial charge in [-0.15, -0.1) is 0 Å². The number of aromatic amines is 2. The number of imidazole rings is 2. The van der Waals surface area contributed by atoms with Gasteiger partial charge in [-0.25, -0.2) is 26.8 Å². The van der Waals surface area contributed by atoms with E-state index in [0.717, 1.165) is 63.8 Å². The van der Waals surface area contributed by atoms with Crippen LogP contribution in [0.3, 0.4) is 0 Å². The number of nitrogens with one attached hydrogen (secondary N) is 2. The van der Waals surface area contributed by atoms with Gasteiger partial charge in [0, 0.05) is 24.2 Å². The van der Waals surface area contributed by atoms with E-state index in [1.807, 2.05) is 103 Å². The number of rotatable bonds is 9. The van der Waals surface area contributed by atoms with E-state index < -0.39 is 20.0 Å².